The van der Waals surface area contributed by atoms with Crippen molar-refractivity contribution in [2.24, 2.45) is 0 Å². The van der Waals surface area contributed by atoms with E-state index in [0.29, 0.717) is 5.92 Å². The molecule has 0 bridgehead atoms. The number of halogens is 1. The second-order valence-corrected chi connectivity index (χ2v) is 6.21. The summed E-state index contributed by atoms with van der Waals surface area (Å²) < 4.78 is 0.930. The standard InChI is InChI=1S/C13H14BrN3S/c14-12-7-15-13(16-8-12)17-4-1-10(2-5-17)11-3-6-18-9-11/h3,6-10H,1-2,4-5H2. The van der Waals surface area contributed by atoms with Gasteiger partial charge in [0.15, 0.2) is 0 Å². The third-order valence-electron chi connectivity index (χ3n) is 3.40. The van der Waals surface area contributed by atoms with E-state index in [9.17, 15) is 0 Å². The summed E-state index contributed by atoms with van der Waals surface area (Å²) in [5.74, 6) is 1.56. The van der Waals surface area contributed by atoms with Gasteiger partial charge >= 0.3 is 0 Å². The van der Waals surface area contributed by atoms with Crippen molar-refractivity contribution >= 4 is 33.2 Å². The minimum absolute atomic E-state index is 0.711. The van der Waals surface area contributed by atoms with Crippen LogP contribution in [0, 0.1) is 0 Å². The van der Waals surface area contributed by atoms with Crippen molar-refractivity contribution in [3.63, 3.8) is 0 Å². The van der Waals surface area contributed by atoms with Gasteiger partial charge in [-0.2, -0.15) is 11.3 Å². The van der Waals surface area contributed by atoms with E-state index in [1.54, 1.807) is 11.3 Å². The van der Waals surface area contributed by atoms with Crippen molar-refractivity contribution in [1.29, 1.82) is 0 Å². The number of hydrogen-bond acceptors (Lipinski definition) is 4. The van der Waals surface area contributed by atoms with Crippen molar-refractivity contribution < 1.29 is 0 Å². The molecule has 3 heterocycles. The molecule has 94 valence electrons. The SMILES string of the molecule is Brc1cnc(N2CCC(c3ccsc3)CC2)nc1. The molecule has 0 aromatic carbocycles. The summed E-state index contributed by atoms with van der Waals surface area (Å²) in [4.78, 5) is 11.0. The van der Waals surface area contributed by atoms with Crippen LogP contribution >= 0.6 is 27.3 Å². The van der Waals surface area contributed by atoms with Gasteiger partial charge in [-0.05, 0) is 57.1 Å². The molecule has 0 N–H and O–H groups in total. The van der Waals surface area contributed by atoms with E-state index < -0.39 is 0 Å². The van der Waals surface area contributed by atoms with Gasteiger partial charge in [-0.15, -0.1) is 0 Å². The van der Waals surface area contributed by atoms with Crippen LogP contribution in [-0.4, -0.2) is 23.1 Å². The summed E-state index contributed by atoms with van der Waals surface area (Å²) in [7, 11) is 0. The molecule has 3 rings (SSSR count). The molecule has 3 nitrogen and oxygen atoms in total. The molecule has 0 atom stereocenters. The summed E-state index contributed by atoms with van der Waals surface area (Å²) in [5, 5.41) is 4.44. The number of anilines is 1. The quantitative estimate of drug-likeness (QED) is 0.844. The molecule has 1 fully saturated rings. The van der Waals surface area contributed by atoms with E-state index >= 15 is 0 Å². The van der Waals surface area contributed by atoms with Crippen LogP contribution in [0.5, 0.6) is 0 Å². The minimum Gasteiger partial charge on any atom is -0.341 e. The van der Waals surface area contributed by atoms with Crippen molar-refractivity contribution in [2.45, 2.75) is 18.8 Å². The number of nitrogens with zero attached hydrogens (tertiary/aromatic N) is 3. The van der Waals surface area contributed by atoms with E-state index in [-0.39, 0.29) is 0 Å². The fraction of sp³-hybridized carbons (Fsp3) is 0.385. The lowest BCUT2D eigenvalue weighted by Crippen LogP contribution is -2.34. The molecule has 0 aliphatic carbocycles. The van der Waals surface area contributed by atoms with Crippen LogP contribution in [0.2, 0.25) is 0 Å². The van der Waals surface area contributed by atoms with Crippen molar-refractivity contribution in [3.05, 3.63) is 39.3 Å². The zero-order valence-electron chi connectivity index (χ0n) is 9.92. The number of thiophene rings is 1. The van der Waals surface area contributed by atoms with Crippen LogP contribution in [0.25, 0.3) is 0 Å². The number of rotatable bonds is 2. The summed E-state index contributed by atoms with van der Waals surface area (Å²) in [5.41, 5.74) is 1.50. The van der Waals surface area contributed by atoms with Crippen LogP contribution in [0.1, 0.15) is 24.3 Å². The normalized spacial score (nSPS) is 17.1. The Morgan fingerprint density at radius 3 is 2.56 bits per heavy atom. The topological polar surface area (TPSA) is 29.0 Å². The van der Waals surface area contributed by atoms with Gasteiger partial charge in [0.05, 0.1) is 4.47 Å². The average molecular weight is 324 g/mol. The molecule has 0 spiro atoms. The first-order valence-electron chi connectivity index (χ1n) is 6.07. The van der Waals surface area contributed by atoms with E-state index in [1.807, 2.05) is 12.4 Å². The number of piperidine rings is 1. The van der Waals surface area contributed by atoms with Crippen molar-refractivity contribution in [1.82, 2.24) is 9.97 Å². The first-order chi connectivity index (χ1) is 8.83. The molecule has 0 amide bonds. The highest BCUT2D eigenvalue weighted by atomic mass is 79.9. The maximum absolute atomic E-state index is 4.36. The van der Waals surface area contributed by atoms with Crippen molar-refractivity contribution in [3.8, 4) is 0 Å². The Morgan fingerprint density at radius 2 is 1.94 bits per heavy atom. The van der Waals surface area contributed by atoms with Gasteiger partial charge in [0, 0.05) is 25.5 Å². The van der Waals surface area contributed by atoms with Crippen LogP contribution in [-0.2, 0) is 0 Å². The highest BCUT2D eigenvalue weighted by molar-refractivity contribution is 9.10. The third kappa shape index (κ3) is 2.57. The molecule has 1 saturated heterocycles. The minimum atomic E-state index is 0.711. The largest absolute Gasteiger partial charge is 0.341 e. The predicted octanol–water partition coefficient (Wildman–Crippen LogP) is 3.68. The highest BCUT2D eigenvalue weighted by Gasteiger charge is 2.22. The first kappa shape index (κ1) is 12.1. The summed E-state index contributed by atoms with van der Waals surface area (Å²) >= 11 is 5.15. The fourth-order valence-corrected chi connectivity index (χ4v) is 3.34. The molecule has 1 aliphatic heterocycles. The average Bonchev–Trinajstić information content (AvgIpc) is 2.94. The number of hydrogen-bond donors (Lipinski definition) is 0. The maximum Gasteiger partial charge on any atom is 0.225 e. The monoisotopic (exact) mass is 323 g/mol. The second-order valence-electron chi connectivity index (χ2n) is 4.52. The maximum atomic E-state index is 4.36. The van der Waals surface area contributed by atoms with Gasteiger partial charge < -0.3 is 4.90 Å². The van der Waals surface area contributed by atoms with Crippen LogP contribution in [0.15, 0.2) is 33.7 Å². The van der Waals surface area contributed by atoms with E-state index in [1.165, 1.54) is 18.4 Å². The zero-order valence-corrected chi connectivity index (χ0v) is 12.3. The Bertz CT molecular complexity index is 489. The molecule has 0 unspecified atom stereocenters. The summed E-state index contributed by atoms with van der Waals surface area (Å²) in [6.07, 6.45) is 6.01. The molecule has 0 saturated carbocycles. The van der Waals surface area contributed by atoms with Crippen molar-refractivity contribution in [2.75, 3.05) is 18.0 Å². The number of aromatic nitrogens is 2. The Hall–Kier alpha value is -0.940. The lowest BCUT2D eigenvalue weighted by atomic mass is 9.91. The van der Waals surface area contributed by atoms with E-state index in [4.69, 9.17) is 0 Å². The summed E-state index contributed by atoms with van der Waals surface area (Å²) in [6, 6.07) is 2.25. The first-order valence-corrected chi connectivity index (χ1v) is 7.81. The molecule has 0 radical (unpaired) electrons. The Balaban J connectivity index is 1.65. The van der Waals surface area contributed by atoms with Crippen LogP contribution in [0.4, 0.5) is 5.95 Å². The van der Waals surface area contributed by atoms with Gasteiger partial charge in [-0.25, -0.2) is 9.97 Å². The van der Waals surface area contributed by atoms with Crippen LogP contribution < -0.4 is 4.90 Å². The predicted molar refractivity (Wildman–Crippen MR) is 78.2 cm³/mol. The molecule has 1 aliphatic rings. The van der Waals surface area contributed by atoms with Gasteiger partial charge in [-0.3, -0.25) is 0 Å². The van der Waals surface area contributed by atoms with Gasteiger partial charge in [0.1, 0.15) is 0 Å². The van der Waals surface area contributed by atoms with Gasteiger partial charge in [0.25, 0.3) is 0 Å². The fourth-order valence-electron chi connectivity index (χ4n) is 2.39. The molecular formula is C13H14BrN3S. The molecule has 18 heavy (non-hydrogen) atoms. The smallest absolute Gasteiger partial charge is 0.225 e. The van der Waals surface area contributed by atoms with E-state index in [0.717, 1.165) is 23.5 Å². The third-order valence-corrected chi connectivity index (χ3v) is 4.51. The lowest BCUT2D eigenvalue weighted by Gasteiger charge is -2.31. The second kappa shape index (κ2) is 5.36. The van der Waals surface area contributed by atoms with Crippen LogP contribution in [0.3, 0.4) is 0 Å². The summed E-state index contributed by atoms with van der Waals surface area (Å²) in [6.45, 7) is 2.09. The van der Waals surface area contributed by atoms with E-state index in [2.05, 4.69) is 47.6 Å². The highest BCUT2D eigenvalue weighted by Crippen LogP contribution is 2.30. The molecule has 2 aromatic heterocycles. The van der Waals surface area contributed by atoms with Gasteiger partial charge in [0.2, 0.25) is 5.95 Å². The Labute approximate surface area is 119 Å². The zero-order chi connectivity index (χ0) is 12.4. The molecular weight excluding hydrogens is 310 g/mol. The van der Waals surface area contributed by atoms with Gasteiger partial charge in [-0.1, -0.05) is 0 Å². The lowest BCUT2D eigenvalue weighted by molar-refractivity contribution is 0.500. The Morgan fingerprint density at radius 1 is 1.22 bits per heavy atom. The Kier molecular flexibility index (Phi) is 3.61. The molecule has 2 aromatic rings. The molecule has 5 heteroatoms.